The molecule has 1 amide bonds. The van der Waals surface area contributed by atoms with Crippen LogP contribution in [-0.4, -0.2) is 49.2 Å². The highest BCUT2D eigenvalue weighted by molar-refractivity contribution is 7.15. The second-order valence-electron chi connectivity index (χ2n) is 6.13. The standard InChI is InChI=1S/C16H16FN5O2S/c1-9-18-5-13(25-9)10-3-12-15(19-4-10)20(2)16(24)22(12)8-14(23)21-6-11(17)7-21/h3-5,11H,6-8H2,1-2H3. The fourth-order valence-corrected chi connectivity index (χ4v) is 3.68. The van der Waals surface area contributed by atoms with Crippen molar-refractivity contribution in [3.8, 4) is 10.4 Å². The fraction of sp³-hybridized carbons (Fsp3) is 0.375. The van der Waals surface area contributed by atoms with Crippen LogP contribution in [0, 0.1) is 6.92 Å². The molecular weight excluding hydrogens is 345 g/mol. The molecular formula is C16H16FN5O2S. The summed E-state index contributed by atoms with van der Waals surface area (Å²) in [6.45, 7) is 2.00. The molecule has 3 aromatic rings. The van der Waals surface area contributed by atoms with E-state index in [0.29, 0.717) is 11.2 Å². The van der Waals surface area contributed by atoms with Gasteiger partial charge in [0.15, 0.2) is 5.65 Å². The van der Waals surface area contributed by atoms with Gasteiger partial charge in [0.1, 0.15) is 12.7 Å². The molecule has 1 aliphatic rings. The minimum absolute atomic E-state index is 0.0992. The van der Waals surface area contributed by atoms with Gasteiger partial charge in [-0.3, -0.25) is 13.9 Å². The van der Waals surface area contributed by atoms with Crippen molar-refractivity contribution in [2.24, 2.45) is 7.05 Å². The molecule has 9 heteroatoms. The quantitative estimate of drug-likeness (QED) is 0.706. The van der Waals surface area contributed by atoms with Crippen molar-refractivity contribution in [2.45, 2.75) is 19.6 Å². The number of halogens is 1. The first-order valence-corrected chi connectivity index (χ1v) is 8.65. The number of hydrogen-bond donors (Lipinski definition) is 0. The molecule has 0 spiro atoms. The first-order valence-electron chi connectivity index (χ1n) is 7.84. The molecule has 0 aromatic carbocycles. The predicted molar refractivity (Wildman–Crippen MR) is 92.3 cm³/mol. The largest absolute Gasteiger partial charge is 0.335 e. The van der Waals surface area contributed by atoms with E-state index in [4.69, 9.17) is 0 Å². The Kier molecular flexibility index (Phi) is 3.68. The second-order valence-corrected chi connectivity index (χ2v) is 7.37. The van der Waals surface area contributed by atoms with Crippen LogP contribution in [0.3, 0.4) is 0 Å². The zero-order valence-electron chi connectivity index (χ0n) is 13.8. The van der Waals surface area contributed by atoms with E-state index in [2.05, 4.69) is 9.97 Å². The summed E-state index contributed by atoms with van der Waals surface area (Å²) in [6.07, 6.45) is 2.50. The van der Waals surface area contributed by atoms with Gasteiger partial charge in [-0.2, -0.15) is 0 Å². The topological polar surface area (TPSA) is 73.0 Å². The molecule has 0 aliphatic carbocycles. The lowest BCUT2D eigenvalue weighted by atomic mass is 10.2. The first kappa shape index (κ1) is 15.9. The van der Waals surface area contributed by atoms with Gasteiger partial charge >= 0.3 is 5.69 Å². The van der Waals surface area contributed by atoms with E-state index in [1.165, 1.54) is 25.4 Å². The molecule has 0 saturated carbocycles. The SMILES string of the molecule is Cc1ncc(-c2cnc3c(c2)n(CC(=O)N2CC(F)C2)c(=O)n3C)s1. The molecule has 4 rings (SSSR count). The molecule has 0 radical (unpaired) electrons. The molecule has 0 atom stereocenters. The minimum atomic E-state index is -0.962. The third-order valence-electron chi connectivity index (χ3n) is 4.36. The Morgan fingerprint density at radius 3 is 2.76 bits per heavy atom. The molecule has 0 bridgehead atoms. The minimum Gasteiger partial charge on any atom is -0.335 e. The Hall–Kier alpha value is -2.55. The van der Waals surface area contributed by atoms with Gasteiger partial charge in [0.2, 0.25) is 5.91 Å². The Morgan fingerprint density at radius 2 is 2.12 bits per heavy atom. The van der Waals surface area contributed by atoms with E-state index in [1.807, 2.05) is 13.0 Å². The smallest absolute Gasteiger partial charge is 0.330 e. The summed E-state index contributed by atoms with van der Waals surface area (Å²) in [5.74, 6) is -0.262. The molecule has 0 unspecified atom stereocenters. The number of carbonyl (C=O) groups is 1. The number of fused-ring (bicyclic) bond motifs is 1. The number of alkyl halides is 1. The van der Waals surface area contributed by atoms with Gasteiger partial charge in [-0.1, -0.05) is 0 Å². The Bertz CT molecular complexity index is 1030. The van der Waals surface area contributed by atoms with Crippen LogP contribution in [0.4, 0.5) is 4.39 Å². The number of amides is 1. The van der Waals surface area contributed by atoms with Crippen molar-refractivity contribution < 1.29 is 9.18 Å². The number of imidazole rings is 1. The number of aryl methyl sites for hydroxylation is 2. The van der Waals surface area contributed by atoms with Crippen molar-refractivity contribution >= 4 is 28.4 Å². The van der Waals surface area contributed by atoms with Crippen LogP contribution in [0.15, 0.2) is 23.3 Å². The van der Waals surface area contributed by atoms with Crippen molar-refractivity contribution in [1.29, 1.82) is 0 Å². The molecule has 0 N–H and O–H groups in total. The van der Waals surface area contributed by atoms with E-state index in [1.54, 1.807) is 19.4 Å². The van der Waals surface area contributed by atoms with Gasteiger partial charge in [-0.05, 0) is 13.0 Å². The molecule has 1 saturated heterocycles. The number of rotatable bonds is 3. The number of thiazole rings is 1. The van der Waals surface area contributed by atoms with Crippen molar-refractivity contribution in [2.75, 3.05) is 13.1 Å². The molecule has 7 nitrogen and oxygen atoms in total. The average molecular weight is 361 g/mol. The number of aromatic nitrogens is 4. The molecule has 25 heavy (non-hydrogen) atoms. The summed E-state index contributed by atoms with van der Waals surface area (Å²) < 4.78 is 15.8. The molecule has 1 fully saturated rings. The monoisotopic (exact) mass is 361 g/mol. The molecule has 4 heterocycles. The van der Waals surface area contributed by atoms with Crippen molar-refractivity contribution in [3.05, 3.63) is 34.0 Å². The van der Waals surface area contributed by atoms with E-state index in [9.17, 15) is 14.0 Å². The Balaban J connectivity index is 1.75. The van der Waals surface area contributed by atoms with Gasteiger partial charge in [0.05, 0.1) is 28.5 Å². The van der Waals surface area contributed by atoms with Crippen molar-refractivity contribution in [3.63, 3.8) is 0 Å². The van der Waals surface area contributed by atoms with E-state index in [0.717, 1.165) is 15.4 Å². The van der Waals surface area contributed by atoms with E-state index < -0.39 is 6.17 Å². The molecule has 3 aromatic heterocycles. The average Bonchev–Trinajstić information content (AvgIpc) is 3.09. The van der Waals surface area contributed by atoms with Gasteiger partial charge in [0, 0.05) is 25.0 Å². The zero-order valence-corrected chi connectivity index (χ0v) is 14.6. The zero-order chi connectivity index (χ0) is 17.7. The number of pyridine rings is 1. The van der Waals surface area contributed by atoms with Crippen LogP contribution in [0.25, 0.3) is 21.6 Å². The van der Waals surface area contributed by atoms with Crippen molar-refractivity contribution in [1.82, 2.24) is 24.0 Å². The summed E-state index contributed by atoms with van der Waals surface area (Å²) in [4.78, 5) is 35.7. The van der Waals surface area contributed by atoms with Crippen LogP contribution in [-0.2, 0) is 18.4 Å². The number of hydrogen-bond acceptors (Lipinski definition) is 5. The number of nitrogens with zero attached hydrogens (tertiary/aromatic N) is 5. The summed E-state index contributed by atoms with van der Waals surface area (Å²) in [6, 6.07) is 1.85. The lowest BCUT2D eigenvalue weighted by Gasteiger charge is -2.34. The van der Waals surface area contributed by atoms with Crippen LogP contribution in [0.5, 0.6) is 0 Å². The van der Waals surface area contributed by atoms with Gasteiger partial charge in [-0.25, -0.2) is 19.2 Å². The number of likely N-dealkylation sites (tertiary alicyclic amines) is 1. The normalized spacial score (nSPS) is 14.9. The fourth-order valence-electron chi connectivity index (χ4n) is 2.92. The molecule has 1 aliphatic heterocycles. The highest BCUT2D eigenvalue weighted by Gasteiger charge is 2.31. The van der Waals surface area contributed by atoms with Crippen LogP contribution in [0.1, 0.15) is 5.01 Å². The lowest BCUT2D eigenvalue weighted by Crippen LogP contribution is -2.52. The Morgan fingerprint density at radius 1 is 1.36 bits per heavy atom. The van der Waals surface area contributed by atoms with Gasteiger partial charge < -0.3 is 4.90 Å². The second kappa shape index (κ2) is 5.76. The highest BCUT2D eigenvalue weighted by Crippen LogP contribution is 2.27. The summed E-state index contributed by atoms with van der Waals surface area (Å²) in [7, 11) is 1.62. The summed E-state index contributed by atoms with van der Waals surface area (Å²) in [5, 5.41) is 0.939. The molecule has 130 valence electrons. The van der Waals surface area contributed by atoms with Crippen LogP contribution >= 0.6 is 11.3 Å². The Labute approximate surface area is 146 Å². The maximum atomic E-state index is 13.0. The predicted octanol–water partition coefficient (Wildman–Crippen LogP) is 1.35. The van der Waals surface area contributed by atoms with Gasteiger partial charge in [0.25, 0.3) is 0 Å². The van der Waals surface area contributed by atoms with Crippen LogP contribution in [0.2, 0.25) is 0 Å². The third-order valence-corrected chi connectivity index (χ3v) is 5.32. The summed E-state index contributed by atoms with van der Waals surface area (Å²) in [5.41, 5.74) is 1.62. The number of carbonyl (C=O) groups excluding carboxylic acids is 1. The van der Waals surface area contributed by atoms with Gasteiger partial charge in [-0.15, -0.1) is 11.3 Å². The first-order chi connectivity index (χ1) is 11.9. The summed E-state index contributed by atoms with van der Waals surface area (Å²) >= 11 is 1.54. The lowest BCUT2D eigenvalue weighted by molar-refractivity contribution is -0.138. The third kappa shape index (κ3) is 2.64. The van der Waals surface area contributed by atoms with Crippen LogP contribution < -0.4 is 5.69 Å². The highest BCUT2D eigenvalue weighted by atomic mass is 32.1. The maximum Gasteiger partial charge on any atom is 0.330 e. The maximum absolute atomic E-state index is 13.0. The van der Waals surface area contributed by atoms with E-state index >= 15 is 0 Å². The van der Waals surface area contributed by atoms with E-state index in [-0.39, 0.29) is 31.2 Å².